The first-order valence-corrected chi connectivity index (χ1v) is 6.99. The number of nitrogens with zero attached hydrogens (tertiary/aromatic N) is 1. The zero-order valence-electron chi connectivity index (χ0n) is 12.8. The molecule has 1 rings (SSSR count). The third-order valence-corrected chi connectivity index (χ3v) is 3.32. The number of anilines is 1. The van der Waals surface area contributed by atoms with E-state index in [1.54, 1.807) is 0 Å². The fourth-order valence-corrected chi connectivity index (χ4v) is 1.99. The maximum atomic E-state index is 11.7. The SMILES string of the molecule is CCN(CC)CCNC(=O)CCc1ccccc1N.Cl.Cl. The first-order chi connectivity index (χ1) is 9.17. The van der Waals surface area contributed by atoms with Crippen LogP contribution < -0.4 is 11.1 Å². The molecule has 0 saturated carbocycles. The topological polar surface area (TPSA) is 58.4 Å². The standard InChI is InChI=1S/C15H25N3O.2ClH/c1-3-18(4-2)12-11-17-15(19)10-9-13-7-5-6-8-14(13)16;;/h5-8H,3-4,9-12,16H2,1-2H3,(H,17,19);2*1H. The first kappa shape index (κ1) is 22.3. The number of halogens is 2. The van der Waals surface area contributed by atoms with Crippen LogP contribution in [0.3, 0.4) is 0 Å². The van der Waals surface area contributed by atoms with Gasteiger partial charge in [-0.25, -0.2) is 0 Å². The highest BCUT2D eigenvalue weighted by molar-refractivity contribution is 5.85. The van der Waals surface area contributed by atoms with Crippen LogP contribution in [0.2, 0.25) is 0 Å². The Bertz CT molecular complexity index is 398. The Hall–Kier alpha value is -0.970. The van der Waals surface area contributed by atoms with Crippen LogP contribution in [-0.4, -0.2) is 37.0 Å². The Kier molecular flexibility index (Phi) is 13.5. The lowest BCUT2D eigenvalue weighted by atomic mass is 10.1. The molecule has 0 spiro atoms. The average Bonchev–Trinajstić information content (AvgIpc) is 2.43. The molecule has 0 aliphatic heterocycles. The van der Waals surface area contributed by atoms with Crippen molar-refractivity contribution in [2.75, 3.05) is 31.9 Å². The second-order valence-electron chi connectivity index (χ2n) is 4.58. The van der Waals surface area contributed by atoms with Gasteiger partial charge in [0, 0.05) is 25.2 Å². The number of likely N-dealkylation sites (N-methyl/N-ethyl adjacent to an activating group) is 1. The van der Waals surface area contributed by atoms with Crippen LogP contribution in [0.1, 0.15) is 25.8 Å². The highest BCUT2D eigenvalue weighted by atomic mass is 35.5. The van der Waals surface area contributed by atoms with Gasteiger partial charge in [-0.05, 0) is 31.1 Å². The highest BCUT2D eigenvalue weighted by Gasteiger charge is 2.05. The first-order valence-electron chi connectivity index (χ1n) is 6.99. The molecule has 0 saturated heterocycles. The maximum absolute atomic E-state index is 11.7. The Morgan fingerprint density at radius 2 is 1.81 bits per heavy atom. The van der Waals surface area contributed by atoms with Crippen molar-refractivity contribution in [1.82, 2.24) is 10.2 Å². The van der Waals surface area contributed by atoms with Gasteiger partial charge in [-0.2, -0.15) is 0 Å². The smallest absolute Gasteiger partial charge is 0.220 e. The molecule has 21 heavy (non-hydrogen) atoms. The van der Waals surface area contributed by atoms with E-state index in [1.807, 2.05) is 24.3 Å². The summed E-state index contributed by atoms with van der Waals surface area (Å²) in [4.78, 5) is 14.0. The van der Waals surface area contributed by atoms with Crippen molar-refractivity contribution in [2.24, 2.45) is 0 Å². The molecule has 0 aromatic heterocycles. The van der Waals surface area contributed by atoms with Crippen molar-refractivity contribution in [3.05, 3.63) is 29.8 Å². The van der Waals surface area contributed by atoms with Crippen LogP contribution >= 0.6 is 24.8 Å². The van der Waals surface area contributed by atoms with Crippen molar-refractivity contribution in [1.29, 1.82) is 0 Å². The minimum absolute atomic E-state index is 0. The van der Waals surface area contributed by atoms with Gasteiger partial charge in [0.1, 0.15) is 0 Å². The Morgan fingerprint density at radius 1 is 1.19 bits per heavy atom. The van der Waals surface area contributed by atoms with Gasteiger partial charge in [0.25, 0.3) is 0 Å². The lowest BCUT2D eigenvalue weighted by molar-refractivity contribution is -0.121. The number of nitrogens with one attached hydrogen (secondary N) is 1. The predicted octanol–water partition coefficient (Wildman–Crippen LogP) is 2.50. The molecule has 6 heteroatoms. The van der Waals surface area contributed by atoms with Gasteiger partial charge >= 0.3 is 0 Å². The van der Waals surface area contributed by atoms with Crippen LogP contribution in [0.5, 0.6) is 0 Å². The number of benzene rings is 1. The summed E-state index contributed by atoms with van der Waals surface area (Å²) in [5.41, 5.74) is 7.65. The lowest BCUT2D eigenvalue weighted by Gasteiger charge is -2.17. The van der Waals surface area contributed by atoms with Gasteiger partial charge in [-0.1, -0.05) is 32.0 Å². The highest BCUT2D eigenvalue weighted by Crippen LogP contribution is 2.12. The van der Waals surface area contributed by atoms with E-state index in [1.165, 1.54) is 0 Å². The molecule has 1 aromatic rings. The Morgan fingerprint density at radius 3 is 2.38 bits per heavy atom. The number of aryl methyl sites for hydroxylation is 1. The molecule has 0 radical (unpaired) electrons. The summed E-state index contributed by atoms with van der Waals surface area (Å²) >= 11 is 0. The number of nitrogen functional groups attached to an aromatic ring is 1. The molecule has 0 atom stereocenters. The molecular formula is C15H27Cl2N3O. The summed E-state index contributed by atoms with van der Waals surface area (Å²) in [6, 6.07) is 7.69. The van der Waals surface area contributed by atoms with Crippen LogP contribution in [0.25, 0.3) is 0 Å². The van der Waals surface area contributed by atoms with Crippen LogP contribution in [0.4, 0.5) is 5.69 Å². The van der Waals surface area contributed by atoms with Crippen LogP contribution in [-0.2, 0) is 11.2 Å². The van der Waals surface area contributed by atoms with Gasteiger partial charge in [-0.3, -0.25) is 4.79 Å². The molecule has 1 aromatic carbocycles. The second-order valence-corrected chi connectivity index (χ2v) is 4.58. The minimum atomic E-state index is 0. The number of para-hydroxylation sites is 1. The number of rotatable bonds is 8. The molecule has 1 amide bonds. The summed E-state index contributed by atoms with van der Waals surface area (Å²) in [7, 11) is 0. The number of amides is 1. The van der Waals surface area contributed by atoms with Crippen molar-refractivity contribution in [3.63, 3.8) is 0 Å². The van der Waals surface area contributed by atoms with E-state index >= 15 is 0 Å². The van der Waals surface area contributed by atoms with E-state index in [2.05, 4.69) is 24.1 Å². The van der Waals surface area contributed by atoms with E-state index in [0.717, 1.165) is 30.9 Å². The maximum Gasteiger partial charge on any atom is 0.220 e. The fraction of sp³-hybridized carbons (Fsp3) is 0.533. The third-order valence-electron chi connectivity index (χ3n) is 3.32. The summed E-state index contributed by atoms with van der Waals surface area (Å²) < 4.78 is 0. The predicted molar refractivity (Wildman–Crippen MR) is 94.5 cm³/mol. The molecular weight excluding hydrogens is 309 g/mol. The van der Waals surface area contributed by atoms with E-state index in [4.69, 9.17) is 5.73 Å². The molecule has 0 bridgehead atoms. The van der Waals surface area contributed by atoms with Crippen LogP contribution in [0, 0.1) is 0 Å². The number of carbonyl (C=O) groups excluding carboxylic acids is 1. The van der Waals surface area contributed by atoms with Gasteiger partial charge in [0.15, 0.2) is 0 Å². The van der Waals surface area contributed by atoms with E-state index < -0.39 is 0 Å². The van der Waals surface area contributed by atoms with Crippen molar-refractivity contribution >= 4 is 36.4 Å². The average molecular weight is 336 g/mol. The summed E-state index contributed by atoms with van der Waals surface area (Å²) in [5.74, 6) is 0.0930. The van der Waals surface area contributed by atoms with E-state index in [0.29, 0.717) is 19.4 Å². The zero-order chi connectivity index (χ0) is 14.1. The summed E-state index contributed by atoms with van der Waals surface area (Å²) in [6.45, 7) is 7.92. The molecule has 3 N–H and O–H groups in total. The normalized spacial score (nSPS) is 9.67. The number of hydrogen-bond acceptors (Lipinski definition) is 3. The Labute approximate surface area is 140 Å². The minimum Gasteiger partial charge on any atom is -0.399 e. The molecule has 0 aliphatic carbocycles. The zero-order valence-corrected chi connectivity index (χ0v) is 14.4. The second kappa shape index (κ2) is 12.7. The molecule has 4 nitrogen and oxygen atoms in total. The Balaban J connectivity index is 0. The monoisotopic (exact) mass is 335 g/mol. The molecule has 0 heterocycles. The third kappa shape index (κ3) is 8.81. The molecule has 122 valence electrons. The molecule has 0 aliphatic rings. The van der Waals surface area contributed by atoms with Gasteiger partial charge in [0.2, 0.25) is 5.91 Å². The summed E-state index contributed by atoms with van der Waals surface area (Å²) in [6.07, 6.45) is 1.19. The quantitative estimate of drug-likeness (QED) is 0.717. The van der Waals surface area contributed by atoms with E-state index in [-0.39, 0.29) is 30.7 Å². The van der Waals surface area contributed by atoms with Gasteiger partial charge in [0.05, 0.1) is 0 Å². The largest absolute Gasteiger partial charge is 0.399 e. The molecule has 0 unspecified atom stereocenters. The number of carbonyl (C=O) groups is 1. The summed E-state index contributed by atoms with van der Waals surface area (Å²) in [5, 5.41) is 2.95. The lowest BCUT2D eigenvalue weighted by Crippen LogP contribution is -2.34. The number of nitrogens with two attached hydrogens (primary N) is 1. The fourth-order valence-electron chi connectivity index (χ4n) is 1.99. The molecule has 0 fully saturated rings. The van der Waals surface area contributed by atoms with Crippen LogP contribution in [0.15, 0.2) is 24.3 Å². The van der Waals surface area contributed by atoms with Crippen molar-refractivity contribution < 1.29 is 4.79 Å². The number of hydrogen-bond donors (Lipinski definition) is 2. The van der Waals surface area contributed by atoms with Crippen molar-refractivity contribution in [3.8, 4) is 0 Å². The van der Waals surface area contributed by atoms with E-state index in [9.17, 15) is 4.79 Å². The van der Waals surface area contributed by atoms with Gasteiger partial charge in [-0.15, -0.1) is 24.8 Å². The van der Waals surface area contributed by atoms with Crippen molar-refractivity contribution in [2.45, 2.75) is 26.7 Å². The van der Waals surface area contributed by atoms with Gasteiger partial charge < -0.3 is 16.0 Å².